The first-order valence-corrected chi connectivity index (χ1v) is 13.0. The maximum atomic E-state index is 14.4. The van der Waals surface area contributed by atoms with Crippen LogP contribution in [0.3, 0.4) is 0 Å². The number of nitrogens with zero attached hydrogens (tertiary/aromatic N) is 6. The highest BCUT2D eigenvalue weighted by atomic mass is 19.1. The molecule has 1 aromatic carbocycles. The minimum Gasteiger partial charge on any atom is -0.488 e. The van der Waals surface area contributed by atoms with Gasteiger partial charge >= 0.3 is 0 Å². The van der Waals surface area contributed by atoms with Gasteiger partial charge in [0, 0.05) is 50.3 Å². The summed E-state index contributed by atoms with van der Waals surface area (Å²) in [6.45, 7) is 5.82. The van der Waals surface area contributed by atoms with Gasteiger partial charge in [0.15, 0.2) is 23.1 Å². The van der Waals surface area contributed by atoms with Gasteiger partial charge in [-0.1, -0.05) is 13.0 Å². The third-order valence-corrected chi connectivity index (χ3v) is 6.67. The zero-order chi connectivity index (χ0) is 27.2. The molecular formula is C28H32FN7O3. The summed E-state index contributed by atoms with van der Waals surface area (Å²) in [5, 5.41) is 0. The number of aliphatic imine (C=N–C) groups is 1. The first-order valence-electron chi connectivity index (χ1n) is 13.0. The van der Waals surface area contributed by atoms with Gasteiger partial charge in [-0.05, 0) is 18.2 Å². The quantitative estimate of drug-likeness (QED) is 0.512. The van der Waals surface area contributed by atoms with Crippen molar-refractivity contribution in [1.82, 2.24) is 15.0 Å². The van der Waals surface area contributed by atoms with Crippen molar-refractivity contribution in [3.05, 3.63) is 66.3 Å². The van der Waals surface area contributed by atoms with Gasteiger partial charge in [0.05, 0.1) is 49.6 Å². The van der Waals surface area contributed by atoms with Crippen molar-refractivity contribution in [3.8, 4) is 11.5 Å². The maximum absolute atomic E-state index is 14.4. The number of benzene rings is 1. The molecule has 2 aromatic heterocycles. The Morgan fingerprint density at radius 3 is 2.79 bits per heavy atom. The van der Waals surface area contributed by atoms with E-state index in [-0.39, 0.29) is 11.7 Å². The monoisotopic (exact) mass is 533 g/mol. The molecule has 0 radical (unpaired) electrons. The van der Waals surface area contributed by atoms with Crippen molar-refractivity contribution in [2.45, 2.75) is 26.3 Å². The molecule has 3 aromatic rings. The molecule has 3 aliphatic heterocycles. The van der Waals surface area contributed by atoms with Crippen LogP contribution in [0.4, 0.5) is 21.6 Å². The number of anilines is 3. The van der Waals surface area contributed by atoms with Crippen LogP contribution in [0.5, 0.6) is 11.5 Å². The molecule has 39 heavy (non-hydrogen) atoms. The average molecular weight is 534 g/mol. The van der Waals surface area contributed by atoms with Crippen LogP contribution in [0, 0.1) is 5.82 Å². The maximum Gasteiger partial charge on any atom is 0.226 e. The number of rotatable bonds is 6. The van der Waals surface area contributed by atoms with E-state index in [2.05, 4.69) is 30.9 Å². The molecule has 1 amide bonds. The number of pyridine rings is 1. The van der Waals surface area contributed by atoms with Gasteiger partial charge in [0.25, 0.3) is 0 Å². The molecule has 0 unspecified atom stereocenters. The van der Waals surface area contributed by atoms with Crippen LogP contribution in [0.25, 0.3) is 0 Å². The van der Waals surface area contributed by atoms with E-state index in [9.17, 15) is 9.18 Å². The highest BCUT2D eigenvalue weighted by Gasteiger charge is 2.25. The minimum atomic E-state index is -0.456. The van der Waals surface area contributed by atoms with Crippen LogP contribution < -0.4 is 24.2 Å². The number of nitrogens with one attached hydrogen (secondary N) is 1. The van der Waals surface area contributed by atoms with Crippen LogP contribution in [0.2, 0.25) is 0 Å². The van der Waals surface area contributed by atoms with Gasteiger partial charge in [0.1, 0.15) is 13.2 Å². The summed E-state index contributed by atoms with van der Waals surface area (Å²) in [4.78, 5) is 33.3. The zero-order valence-corrected chi connectivity index (χ0v) is 22.1. The summed E-state index contributed by atoms with van der Waals surface area (Å²) in [7, 11) is 1.65. The number of ether oxygens (including phenoxy) is 2. The number of aromatic nitrogens is 3. The topological polar surface area (TPSA) is 99.2 Å². The second-order valence-corrected chi connectivity index (χ2v) is 9.27. The predicted octanol–water partition coefficient (Wildman–Crippen LogP) is 3.96. The first kappa shape index (κ1) is 26.2. The Bertz CT molecular complexity index is 1360. The van der Waals surface area contributed by atoms with E-state index in [0.717, 1.165) is 49.1 Å². The van der Waals surface area contributed by atoms with Gasteiger partial charge in [-0.3, -0.25) is 9.79 Å². The molecule has 0 saturated carbocycles. The highest BCUT2D eigenvalue weighted by molar-refractivity contribution is 5.93. The van der Waals surface area contributed by atoms with Crippen LogP contribution in [-0.2, 0) is 11.3 Å². The molecule has 0 fully saturated rings. The number of carbonyl (C=O) groups excluding carboxylic acids is 1. The Morgan fingerprint density at radius 2 is 2.03 bits per heavy atom. The molecule has 3 aliphatic rings. The first-order chi connectivity index (χ1) is 19.0. The van der Waals surface area contributed by atoms with E-state index >= 15 is 0 Å². The molecule has 10 nitrogen and oxygen atoms in total. The lowest BCUT2D eigenvalue weighted by atomic mass is 10.1. The van der Waals surface area contributed by atoms with Crippen molar-refractivity contribution < 1.29 is 18.7 Å². The number of imidazole rings is 1. The molecule has 204 valence electrons. The van der Waals surface area contributed by atoms with Crippen molar-refractivity contribution >= 4 is 29.3 Å². The molecule has 6 rings (SSSR count). The molecule has 5 heterocycles. The lowest BCUT2D eigenvalue weighted by molar-refractivity contribution is -0.118. The molecular weight excluding hydrogens is 501 g/mol. The second-order valence-electron chi connectivity index (χ2n) is 9.27. The standard InChI is InChI=1S/C16H19FN4O2.C12H13N3O/c1-3-15(22)20(2)12-6-13(17)16-14(7-12)21(4-5-23-16)9-11-8-18-10-19-11;1-3-10(13-5-1)9-15-7-8-16-11-4-2-6-14-12(11)15/h6-8,10H,3-5,9H2,1-2H3,(H,18,19);2-6H,1,7-9H2. The molecule has 0 spiro atoms. The summed E-state index contributed by atoms with van der Waals surface area (Å²) in [6, 6.07) is 6.99. The number of halogens is 1. The molecule has 0 saturated heterocycles. The highest BCUT2D eigenvalue weighted by Crippen LogP contribution is 2.38. The van der Waals surface area contributed by atoms with Crippen LogP contribution in [0.15, 0.2) is 59.8 Å². The van der Waals surface area contributed by atoms with Crippen molar-refractivity contribution in [2.24, 2.45) is 4.99 Å². The second kappa shape index (κ2) is 12.0. The third kappa shape index (κ3) is 6.02. The Morgan fingerprint density at radius 1 is 1.18 bits per heavy atom. The molecule has 0 aliphatic carbocycles. The lowest BCUT2D eigenvalue weighted by Crippen LogP contribution is -2.34. The minimum absolute atomic E-state index is 0.0683. The van der Waals surface area contributed by atoms with E-state index in [0.29, 0.717) is 37.5 Å². The molecule has 0 bridgehead atoms. The Kier molecular flexibility index (Phi) is 8.04. The van der Waals surface area contributed by atoms with E-state index < -0.39 is 5.82 Å². The van der Waals surface area contributed by atoms with E-state index in [1.165, 1.54) is 11.0 Å². The van der Waals surface area contributed by atoms with Crippen molar-refractivity contribution in [1.29, 1.82) is 0 Å². The fraction of sp³-hybridized carbons (Fsp3) is 0.357. The van der Waals surface area contributed by atoms with Gasteiger partial charge in [-0.15, -0.1) is 0 Å². The molecule has 11 heteroatoms. The number of amides is 1. The van der Waals surface area contributed by atoms with E-state index in [4.69, 9.17) is 9.47 Å². The summed E-state index contributed by atoms with van der Waals surface area (Å²) >= 11 is 0. The van der Waals surface area contributed by atoms with E-state index in [1.54, 1.807) is 38.8 Å². The third-order valence-electron chi connectivity index (χ3n) is 6.67. The lowest BCUT2D eigenvalue weighted by Gasteiger charge is -2.32. The van der Waals surface area contributed by atoms with Crippen LogP contribution >= 0.6 is 0 Å². The van der Waals surface area contributed by atoms with Gasteiger partial charge in [0.2, 0.25) is 5.91 Å². The number of allylic oxidation sites excluding steroid dienone is 1. The van der Waals surface area contributed by atoms with Gasteiger partial charge in [-0.2, -0.15) is 0 Å². The smallest absolute Gasteiger partial charge is 0.226 e. The summed E-state index contributed by atoms with van der Waals surface area (Å²) < 4.78 is 25.4. The summed E-state index contributed by atoms with van der Waals surface area (Å²) in [5.41, 5.74) is 3.23. The normalized spacial score (nSPS) is 15.3. The van der Waals surface area contributed by atoms with Crippen LogP contribution in [0.1, 0.15) is 25.5 Å². The number of aromatic amines is 1. The summed E-state index contributed by atoms with van der Waals surface area (Å²) in [5.74, 6) is 1.51. The van der Waals surface area contributed by atoms with Gasteiger partial charge in [-0.25, -0.2) is 14.4 Å². The zero-order valence-electron chi connectivity index (χ0n) is 22.1. The summed E-state index contributed by atoms with van der Waals surface area (Å²) in [6.07, 6.45) is 10.6. The fourth-order valence-electron chi connectivity index (χ4n) is 4.61. The SMILES string of the molecule is C1=NC(CN2CCOc3cccnc32)=CC1.CCC(=O)N(C)c1cc(F)c2c(c1)N(Cc1cnc[nH]1)CCO2. The Balaban J connectivity index is 0.000000168. The number of hydrogen-bond acceptors (Lipinski definition) is 8. The average Bonchev–Trinajstić information content (AvgIpc) is 3.68. The molecule has 0 atom stereocenters. The number of carbonyl (C=O) groups is 1. The van der Waals surface area contributed by atoms with Crippen molar-refractivity contribution in [2.75, 3.05) is 54.6 Å². The van der Waals surface area contributed by atoms with Gasteiger partial charge < -0.3 is 29.2 Å². The van der Waals surface area contributed by atoms with E-state index in [1.807, 2.05) is 23.2 Å². The van der Waals surface area contributed by atoms with Crippen molar-refractivity contribution in [3.63, 3.8) is 0 Å². The Labute approximate surface area is 226 Å². The predicted molar refractivity (Wildman–Crippen MR) is 148 cm³/mol. The number of hydrogen-bond donors (Lipinski definition) is 1. The Hall–Kier alpha value is -4.41. The van der Waals surface area contributed by atoms with Crippen LogP contribution in [-0.4, -0.2) is 67.0 Å². The number of fused-ring (bicyclic) bond motifs is 2. The largest absolute Gasteiger partial charge is 0.488 e. The molecule has 1 N–H and O–H groups in total. The number of H-pyrrole nitrogens is 1. The fourth-order valence-corrected chi connectivity index (χ4v) is 4.61.